The van der Waals surface area contributed by atoms with Crippen molar-refractivity contribution in [1.29, 1.82) is 0 Å². The first-order valence-corrected chi connectivity index (χ1v) is 11.8. The molecular formula is C29H29N3O5. The van der Waals surface area contributed by atoms with Crippen molar-refractivity contribution in [3.63, 3.8) is 0 Å². The number of amides is 1. The summed E-state index contributed by atoms with van der Waals surface area (Å²) in [7, 11) is 1.57. The molecule has 2 heterocycles. The molecule has 0 saturated heterocycles. The van der Waals surface area contributed by atoms with Crippen LogP contribution in [-0.2, 0) is 11.3 Å². The maximum Gasteiger partial charge on any atom is 0.418 e. The molecule has 0 atom stereocenters. The molecule has 0 fully saturated rings. The topological polar surface area (TPSA) is 91.7 Å². The van der Waals surface area contributed by atoms with E-state index in [0.717, 1.165) is 11.1 Å². The zero-order chi connectivity index (χ0) is 26.4. The summed E-state index contributed by atoms with van der Waals surface area (Å²) in [6.45, 7) is 5.81. The molecule has 1 N–H and O–H groups in total. The number of benzene rings is 2. The van der Waals surface area contributed by atoms with Gasteiger partial charge in [-0.1, -0.05) is 30.3 Å². The van der Waals surface area contributed by atoms with Crippen LogP contribution in [0.15, 0.2) is 85.3 Å². The maximum atomic E-state index is 12.7. The van der Waals surface area contributed by atoms with Gasteiger partial charge in [0.1, 0.15) is 17.1 Å². The molecule has 0 spiro atoms. The van der Waals surface area contributed by atoms with Crippen LogP contribution in [0.25, 0.3) is 22.4 Å². The van der Waals surface area contributed by atoms with Crippen molar-refractivity contribution in [3.8, 4) is 33.9 Å². The van der Waals surface area contributed by atoms with Crippen molar-refractivity contribution >= 4 is 12.2 Å². The van der Waals surface area contributed by atoms with Crippen LogP contribution in [0.1, 0.15) is 26.3 Å². The van der Waals surface area contributed by atoms with E-state index in [2.05, 4.69) is 10.3 Å². The number of nitrogens with zero attached hydrogens (tertiary/aromatic N) is 2. The Balaban J connectivity index is 1.57. The molecule has 8 heteroatoms. The highest BCUT2D eigenvalue weighted by molar-refractivity contribution is 5.81. The minimum absolute atomic E-state index is 0.351. The van der Waals surface area contributed by atoms with Gasteiger partial charge in [-0.15, -0.1) is 0 Å². The van der Waals surface area contributed by atoms with Gasteiger partial charge in [-0.2, -0.15) is 0 Å². The fourth-order valence-electron chi connectivity index (χ4n) is 3.70. The molecule has 2 aromatic heterocycles. The molecule has 0 unspecified atom stereocenters. The average Bonchev–Trinajstić information content (AvgIpc) is 3.38. The quantitative estimate of drug-likeness (QED) is 0.335. The fourth-order valence-corrected chi connectivity index (χ4v) is 3.70. The molecule has 37 heavy (non-hydrogen) atoms. The van der Waals surface area contributed by atoms with Gasteiger partial charge in [0.2, 0.25) is 0 Å². The van der Waals surface area contributed by atoms with Crippen molar-refractivity contribution in [1.82, 2.24) is 14.9 Å². The first-order chi connectivity index (χ1) is 17.7. The van der Waals surface area contributed by atoms with Gasteiger partial charge in [-0.25, -0.2) is 9.59 Å². The molecule has 4 rings (SSSR count). The molecule has 190 valence electrons. The van der Waals surface area contributed by atoms with Crippen LogP contribution in [0.5, 0.6) is 11.5 Å². The van der Waals surface area contributed by atoms with Crippen LogP contribution < -0.4 is 14.8 Å². The van der Waals surface area contributed by atoms with E-state index in [9.17, 15) is 9.59 Å². The highest BCUT2D eigenvalue weighted by Crippen LogP contribution is 2.35. The Labute approximate surface area is 215 Å². The lowest BCUT2D eigenvalue weighted by Crippen LogP contribution is -2.27. The van der Waals surface area contributed by atoms with Crippen molar-refractivity contribution in [2.24, 2.45) is 0 Å². The maximum absolute atomic E-state index is 12.7. The number of rotatable bonds is 6. The summed E-state index contributed by atoms with van der Waals surface area (Å²) in [5.74, 6) is 0.933. The zero-order valence-corrected chi connectivity index (χ0v) is 21.2. The first kappa shape index (κ1) is 25.5. The van der Waals surface area contributed by atoms with E-state index in [4.69, 9.17) is 14.2 Å². The summed E-state index contributed by atoms with van der Waals surface area (Å²) in [5, 5.41) is 2.74. The molecule has 2 aromatic carbocycles. The molecule has 8 nitrogen and oxygen atoms in total. The fraction of sp³-hybridized carbons (Fsp3) is 0.207. The second-order valence-corrected chi connectivity index (χ2v) is 9.30. The van der Waals surface area contributed by atoms with E-state index >= 15 is 0 Å². The van der Waals surface area contributed by atoms with E-state index in [1.165, 1.54) is 4.57 Å². The van der Waals surface area contributed by atoms with E-state index in [-0.39, 0.29) is 0 Å². The molecule has 0 radical (unpaired) electrons. The molecular weight excluding hydrogens is 470 g/mol. The van der Waals surface area contributed by atoms with Crippen molar-refractivity contribution in [2.45, 2.75) is 32.9 Å². The van der Waals surface area contributed by atoms with Gasteiger partial charge in [0.25, 0.3) is 0 Å². The third kappa shape index (κ3) is 6.55. The van der Waals surface area contributed by atoms with E-state index in [1.807, 2.05) is 63.2 Å². The van der Waals surface area contributed by atoms with Crippen LogP contribution in [-0.4, -0.2) is 34.4 Å². The molecule has 4 aromatic rings. The number of pyridine rings is 1. The van der Waals surface area contributed by atoms with Crippen LogP contribution in [0.4, 0.5) is 9.59 Å². The monoisotopic (exact) mass is 499 g/mol. The van der Waals surface area contributed by atoms with Gasteiger partial charge in [-0.05, 0) is 62.7 Å². The second-order valence-electron chi connectivity index (χ2n) is 9.30. The third-order valence-corrected chi connectivity index (χ3v) is 5.35. The number of ether oxygens (including phenoxy) is 3. The Morgan fingerprint density at radius 1 is 0.946 bits per heavy atom. The van der Waals surface area contributed by atoms with Gasteiger partial charge in [0.15, 0.2) is 0 Å². The van der Waals surface area contributed by atoms with E-state index in [0.29, 0.717) is 34.9 Å². The summed E-state index contributed by atoms with van der Waals surface area (Å²) in [6, 6.07) is 20.2. The highest BCUT2D eigenvalue weighted by Gasteiger charge is 2.20. The lowest BCUT2D eigenvalue weighted by molar-refractivity contribution is 0.0540. The van der Waals surface area contributed by atoms with E-state index < -0.39 is 17.8 Å². The molecule has 0 aliphatic carbocycles. The third-order valence-electron chi connectivity index (χ3n) is 5.35. The van der Waals surface area contributed by atoms with Crippen LogP contribution in [0.2, 0.25) is 0 Å². The van der Waals surface area contributed by atoms with Gasteiger partial charge in [0.05, 0.1) is 12.8 Å². The second kappa shape index (κ2) is 11.0. The number of hydrogen-bond donors (Lipinski definition) is 1. The minimum Gasteiger partial charge on any atom is -0.496 e. The van der Waals surface area contributed by atoms with Crippen molar-refractivity contribution < 1.29 is 23.8 Å². The van der Waals surface area contributed by atoms with Crippen LogP contribution in [0, 0.1) is 0 Å². The Morgan fingerprint density at radius 2 is 1.70 bits per heavy atom. The first-order valence-electron chi connectivity index (χ1n) is 11.8. The Hall–Kier alpha value is -4.59. The Bertz CT molecular complexity index is 1390. The largest absolute Gasteiger partial charge is 0.496 e. The number of hydrogen-bond acceptors (Lipinski definition) is 6. The molecule has 0 aliphatic rings. The Morgan fingerprint density at radius 3 is 2.43 bits per heavy atom. The number of carbonyl (C=O) groups is 2. The predicted molar refractivity (Wildman–Crippen MR) is 141 cm³/mol. The average molecular weight is 500 g/mol. The minimum atomic E-state index is -0.625. The lowest BCUT2D eigenvalue weighted by atomic mass is 10.0. The molecule has 0 saturated carbocycles. The van der Waals surface area contributed by atoms with Crippen molar-refractivity contribution in [2.75, 3.05) is 7.11 Å². The van der Waals surface area contributed by atoms with Gasteiger partial charge in [-0.3, -0.25) is 9.55 Å². The number of nitrogens with one attached hydrogen (secondary N) is 1. The van der Waals surface area contributed by atoms with Gasteiger partial charge in [0, 0.05) is 41.8 Å². The van der Waals surface area contributed by atoms with Crippen LogP contribution in [0.3, 0.4) is 0 Å². The van der Waals surface area contributed by atoms with E-state index in [1.54, 1.807) is 50.0 Å². The molecule has 1 amide bonds. The summed E-state index contributed by atoms with van der Waals surface area (Å²) >= 11 is 0. The van der Waals surface area contributed by atoms with Crippen molar-refractivity contribution in [3.05, 3.63) is 90.9 Å². The van der Waals surface area contributed by atoms with Crippen LogP contribution >= 0.6 is 0 Å². The Kier molecular flexibility index (Phi) is 7.57. The zero-order valence-electron chi connectivity index (χ0n) is 21.2. The predicted octanol–water partition coefficient (Wildman–Crippen LogP) is 6.30. The van der Waals surface area contributed by atoms with Gasteiger partial charge >= 0.3 is 12.2 Å². The smallest absolute Gasteiger partial charge is 0.418 e. The highest BCUT2D eigenvalue weighted by atomic mass is 16.6. The summed E-state index contributed by atoms with van der Waals surface area (Å²) in [6.07, 6.45) is 3.96. The molecule has 0 bridgehead atoms. The summed E-state index contributed by atoms with van der Waals surface area (Å²) in [5.41, 5.74) is 3.09. The normalized spacial score (nSPS) is 11.0. The number of methoxy groups -OCH3 is 1. The van der Waals surface area contributed by atoms with Gasteiger partial charge < -0.3 is 19.5 Å². The summed E-state index contributed by atoms with van der Waals surface area (Å²) in [4.78, 5) is 29.5. The standard InChI is InChI=1S/C29H29N3O5/c1-29(2,3)37-28(34)32-14-8-11-25(32)22-15-21(18-30-19-22)24-16-23(12-13-26(24)35-4)36-27(33)31-17-20-9-6-5-7-10-20/h5-16,18-19H,17H2,1-4H3,(H,31,33). The number of carbonyl (C=O) groups excluding carboxylic acids is 2. The SMILES string of the molecule is COc1ccc(OC(=O)NCc2ccccc2)cc1-c1cncc(-c2cccn2C(=O)OC(C)(C)C)c1. The summed E-state index contributed by atoms with van der Waals surface area (Å²) < 4.78 is 18.0. The molecule has 0 aliphatic heterocycles. The lowest BCUT2D eigenvalue weighted by Gasteiger charge is -2.20. The number of aromatic nitrogens is 2.